The lowest BCUT2D eigenvalue weighted by Crippen LogP contribution is -2.42. The number of nitrogens with one attached hydrogen (secondary N) is 1. The molecule has 37 heavy (non-hydrogen) atoms. The van der Waals surface area contributed by atoms with Crippen LogP contribution in [0.1, 0.15) is 18.4 Å². The summed E-state index contributed by atoms with van der Waals surface area (Å²) in [5.41, 5.74) is 4.03. The Morgan fingerprint density at radius 2 is 1.86 bits per heavy atom. The number of anilines is 3. The normalized spacial score (nSPS) is 14.9. The predicted molar refractivity (Wildman–Crippen MR) is 150 cm³/mol. The van der Waals surface area contributed by atoms with E-state index in [4.69, 9.17) is 4.98 Å². The summed E-state index contributed by atoms with van der Waals surface area (Å²) in [6, 6.07) is 12.4. The van der Waals surface area contributed by atoms with Gasteiger partial charge in [-0.05, 0) is 69.8 Å². The molecule has 1 saturated heterocycles. The fraction of sp³-hybridized carbons (Fsp3) is 0.385. The van der Waals surface area contributed by atoms with Crippen LogP contribution in [0.25, 0.3) is 16.9 Å². The first kappa shape index (κ1) is 25.1. The molecule has 4 heterocycles. The van der Waals surface area contributed by atoms with Gasteiger partial charge >= 0.3 is 0 Å². The van der Waals surface area contributed by atoms with Crippen LogP contribution in [-0.4, -0.2) is 79.6 Å². The standard InChI is InChI=1S/C26H33N9OS/c1-18-15-20(9-10-22(18)34-13-11-21(12-14-34)33(2)3)29-26-27-16-19-17-28-35(25(19)31-26)24-8-6-7-23(30-24)32-37(4,5)36/h6-10,15-17,21H,11-14H2,1-5H3,(H,27,29,31). The highest BCUT2D eigenvalue weighted by molar-refractivity contribution is 7.92. The van der Waals surface area contributed by atoms with Gasteiger partial charge in [0.05, 0.1) is 11.6 Å². The number of aryl methyl sites for hydroxylation is 1. The minimum atomic E-state index is -2.32. The molecule has 3 aromatic heterocycles. The summed E-state index contributed by atoms with van der Waals surface area (Å²) in [7, 11) is 2.01. The van der Waals surface area contributed by atoms with E-state index in [1.807, 2.05) is 12.1 Å². The summed E-state index contributed by atoms with van der Waals surface area (Å²) in [6.07, 6.45) is 8.95. The smallest absolute Gasteiger partial charge is 0.229 e. The second kappa shape index (κ2) is 10.1. The van der Waals surface area contributed by atoms with E-state index < -0.39 is 9.73 Å². The minimum absolute atomic E-state index is 0.394. The highest BCUT2D eigenvalue weighted by Gasteiger charge is 2.21. The van der Waals surface area contributed by atoms with E-state index in [0.717, 1.165) is 24.2 Å². The van der Waals surface area contributed by atoms with Crippen molar-refractivity contribution in [3.05, 3.63) is 54.4 Å². The molecule has 1 aromatic carbocycles. The summed E-state index contributed by atoms with van der Waals surface area (Å²) in [4.78, 5) is 18.5. The molecule has 0 aliphatic carbocycles. The minimum Gasteiger partial charge on any atom is -0.371 e. The predicted octanol–water partition coefficient (Wildman–Crippen LogP) is 4.15. The maximum absolute atomic E-state index is 12.1. The van der Waals surface area contributed by atoms with Crippen LogP contribution in [-0.2, 0) is 9.73 Å². The van der Waals surface area contributed by atoms with Gasteiger partial charge in [-0.25, -0.2) is 14.2 Å². The lowest BCUT2D eigenvalue weighted by molar-refractivity contribution is 0.249. The Morgan fingerprint density at radius 3 is 2.57 bits per heavy atom. The topological polar surface area (TPSA) is 104 Å². The van der Waals surface area contributed by atoms with Crippen LogP contribution >= 0.6 is 0 Å². The summed E-state index contributed by atoms with van der Waals surface area (Å²) in [5, 5.41) is 8.57. The molecule has 0 amide bonds. The van der Waals surface area contributed by atoms with Gasteiger partial charge < -0.3 is 15.1 Å². The van der Waals surface area contributed by atoms with Crippen LogP contribution < -0.4 is 10.2 Å². The van der Waals surface area contributed by atoms with Crippen molar-refractivity contribution in [2.45, 2.75) is 25.8 Å². The van der Waals surface area contributed by atoms with Gasteiger partial charge in [-0.15, -0.1) is 0 Å². The zero-order chi connectivity index (χ0) is 26.2. The average Bonchev–Trinajstić information content (AvgIpc) is 3.27. The largest absolute Gasteiger partial charge is 0.371 e. The van der Waals surface area contributed by atoms with Crippen molar-refractivity contribution in [3.63, 3.8) is 0 Å². The Kier molecular flexibility index (Phi) is 6.82. The van der Waals surface area contributed by atoms with Gasteiger partial charge in [0.1, 0.15) is 0 Å². The molecular weight excluding hydrogens is 486 g/mol. The summed E-state index contributed by atoms with van der Waals surface area (Å²) < 4.78 is 17.9. The fourth-order valence-corrected chi connectivity index (χ4v) is 5.24. The highest BCUT2D eigenvalue weighted by Crippen LogP contribution is 2.28. The Hall–Kier alpha value is -3.57. The Balaban J connectivity index is 1.37. The van der Waals surface area contributed by atoms with Crippen molar-refractivity contribution in [2.75, 3.05) is 49.9 Å². The second-order valence-corrected chi connectivity index (χ2v) is 12.5. The number of nitrogens with zero attached hydrogens (tertiary/aromatic N) is 8. The Morgan fingerprint density at radius 1 is 1.08 bits per heavy atom. The van der Waals surface area contributed by atoms with Crippen molar-refractivity contribution in [2.24, 2.45) is 4.36 Å². The monoisotopic (exact) mass is 519 g/mol. The van der Waals surface area contributed by atoms with Crippen molar-refractivity contribution in [1.29, 1.82) is 0 Å². The molecule has 0 unspecified atom stereocenters. The lowest BCUT2D eigenvalue weighted by atomic mass is 10.0. The van der Waals surface area contributed by atoms with Gasteiger partial charge in [-0.3, -0.25) is 0 Å². The lowest BCUT2D eigenvalue weighted by Gasteiger charge is -2.37. The molecule has 1 aliphatic rings. The number of rotatable bonds is 6. The summed E-state index contributed by atoms with van der Waals surface area (Å²) in [5.74, 6) is 1.41. The molecule has 11 heteroatoms. The van der Waals surface area contributed by atoms with Crippen LogP contribution in [0.5, 0.6) is 0 Å². The molecule has 1 N–H and O–H groups in total. The van der Waals surface area contributed by atoms with E-state index in [9.17, 15) is 4.21 Å². The van der Waals surface area contributed by atoms with Gasteiger partial charge in [0, 0.05) is 58.9 Å². The number of hydrogen-bond acceptors (Lipinski definition) is 9. The molecule has 0 bridgehead atoms. The van der Waals surface area contributed by atoms with Gasteiger partial charge in [0.25, 0.3) is 0 Å². The van der Waals surface area contributed by atoms with Crippen LogP contribution in [0.3, 0.4) is 0 Å². The van der Waals surface area contributed by atoms with Crippen molar-refractivity contribution in [3.8, 4) is 5.82 Å². The summed E-state index contributed by atoms with van der Waals surface area (Å²) in [6.45, 7) is 4.28. The van der Waals surface area contributed by atoms with Gasteiger partial charge in [-0.2, -0.15) is 19.1 Å². The Bertz CT molecular complexity index is 1540. The van der Waals surface area contributed by atoms with E-state index in [0.29, 0.717) is 29.3 Å². The van der Waals surface area contributed by atoms with Crippen LogP contribution in [0.2, 0.25) is 0 Å². The highest BCUT2D eigenvalue weighted by atomic mass is 32.2. The molecule has 0 atom stereocenters. The van der Waals surface area contributed by atoms with E-state index in [-0.39, 0.29) is 0 Å². The molecule has 0 spiro atoms. The zero-order valence-electron chi connectivity index (χ0n) is 21.9. The molecule has 10 nitrogen and oxygen atoms in total. The van der Waals surface area contributed by atoms with Crippen molar-refractivity contribution in [1.82, 2.24) is 29.6 Å². The number of hydrogen-bond donors (Lipinski definition) is 1. The SMILES string of the molecule is Cc1cc(Nc2ncc3cnn(-c4cccc(N=S(C)(C)=O)n4)c3n2)ccc1N1CCC(N(C)C)CC1. The third kappa shape index (κ3) is 5.72. The first-order valence-corrected chi connectivity index (χ1v) is 14.6. The molecule has 0 saturated carbocycles. The summed E-state index contributed by atoms with van der Waals surface area (Å²) >= 11 is 0. The third-order valence-electron chi connectivity index (χ3n) is 6.55. The molecule has 5 rings (SSSR count). The Labute approximate surface area is 217 Å². The van der Waals surface area contributed by atoms with E-state index in [1.54, 1.807) is 35.7 Å². The van der Waals surface area contributed by atoms with Crippen LogP contribution in [0, 0.1) is 6.92 Å². The van der Waals surface area contributed by atoms with Crippen molar-refractivity contribution >= 4 is 43.9 Å². The van der Waals surface area contributed by atoms with Gasteiger partial charge in [0.2, 0.25) is 5.95 Å². The quantitative estimate of drug-likeness (QED) is 0.405. The van der Waals surface area contributed by atoms with E-state index >= 15 is 0 Å². The third-order valence-corrected chi connectivity index (χ3v) is 7.17. The molecule has 1 fully saturated rings. The van der Waals surface area contributed by atoms with E-state index in [1.165, 1.54) is 24.1 Å². The number of fused-ring (bicyclic) bond motifs is 1. The molecule has 4 aromatic rings. The average molecular weight is 520 g/mol. The fourth-order valence-electron chi connectivity index (χ4n) is 4.69. The maximum atomic E-state index is 12.1. The zero-order valence-corrected chi connectivity index (χ0v) is 22.7. The van der Waals surface area contributed by atoms with Crippen molar-refractivity contribution < 1.29 is 4.21 Å². The number of pyridine rings is 1. The maximum Gasteiger partial charge on any atom is 0.229 e. The first-order chi connectivity index (χ1) is 17.7. The van der Waals surface area contributed by atoms with Crippen LogP contribution in [0.15, 0.2) is 53.2 Å². The molecule has 1 aliphatic heterocycles. The first-order valence-electron chi connectivity index (χ1n) is 12.3. The van der Waals surface area contributed by atoms with Gasteiger partial charge in [0.15, 0.2) is 17.3 Å². The molecule has 0 radical (unpaired) electrons. The van der Waals surface area contributed by atoms with Gasteiger partial charge in [-0.1, -0.05) is 6.07 Å². The number of benzene rings is 1. The molecular formula is C26H33N9OS. The van der Waals surface area contributed by atoms with Crippen LogP contribution in [0.4, 0.5) is 23.1 Å². The number of aromatic nitrogens is 5. The second-order valence-electron chi connectivity index (χ2n) is 9.96. The van der Waals surface area contributed by atoms with E-state index in [2.05, 4.69) is 73.8 Å². The number of piperidine rings is 1. The molecule has 194 valence electrons.